The van der Waals surface area contributed by atoms with Crippen molar-refractivity contribution >= 4 is 66.7 Å². The average molecular weight is 655 g/mol. The quantitative estimate of drug-likeness (QED) is 0.269. The van der Waals surface area contributed by atoms with Crippen molar-refractivity contribution in [2.24, 2.45) is 5.92 Å². The molecule has 3 rings (SSSR count). The lowest BCUT2D eigenvalue weighted by atomic mass is 10.1. The number of nitrogens with zero attached hydrogens (tertiary/aromatic N) is 2. The first-order valence-corrected chi connectivity index (χ1v) is 15.2. The van der Waals surface area contributed by atoms with Crippen molar-refractivity contribution in [3.8, 4) is 0 Å². The largest absolute Gasteiger partial charge is 0.354 e. The van der Waals surface area contributed by atoms with Crippen LogP contribution in [0.5, 0.6) is 0 Å². The van der Waals surface area contributed by atoms with Gasteiger partial charge in [0.1, 0.15) is 12.6 Å². The summed E-state index contributed by atoms with van der Waals surface area (Å²) in [6, 6.07) is 18.8. The molecule has 208 valence electrons. The SMILES string of the molecule is CC(C)CNC(=O)C(C)N(Cc1cccc(Br)c1)C(=O)CN(c1cccc(Cl)c1Cl)S(=O)(=O)c1ccccc1. The van der Waals surface area contributed by atoms with Gasteiger partial charge in [0.2, 0.25) is 11.8 Å². The number of amides is 2. The molecule has 2 amide bonds. The van der Waals surface area contributed by atoms with E-state index in [4.69, 9.17) is 23.2 Å². The molecule has 0 aliphatic rings. The molecule has 39 heavy (non-hydrogen) atoms. The van der Waals surface area contributed by atoms with Gasteiger partial charge in [-0.3, -0.25) is 13.9 Å². The fourth-order valence-electron chi connectivity index (χ4n) is 3.79. The number of hydrogen-bond acceptors (Lipinski definition) is 4. The lowest BCUT2D eigenvalue weighted by Crippen LogP contribution is -2.51. The van der Waals surface area contributed by atoms with E-state index in [9.17, 15) is 18.0 Å². The van der Waals surface area contributed by atoms with E-state index in [0.29, 0.717) is 6.54 Å². The molecule has 0 radical (unpaired) electrons. The number of carbonyl (C=O) groups excluding carboxylic acids is 2. The average Bonchev–Trinajstić information content (AvgIpc) is 2.90. The molecule has 0 saturated heterocycles. The van der Waals surface area contributed by atoms with Crippen molar-refractivity contribution in [2.45, 2.75) is 38.3 Å². The predicted molar refractivity (Wildman–Crippen MR) is 159 cm³/mol. The normalized spacial score (nSPS) is 12.2. The van der Waals surface area contributed by atoms with E-state index in [-0.39, 0.29) is 39.0 Å². The first-order chi connectivity index (χ1) is 18.4. The number of nitrogens with one attached hydrogen (secondary N) is 1. The Balaban J connectivity index is 2.04. The fraction of sp³-hybridized carbons (Fsp3) is 0.286. The highest BCUT2D eigenvalue weighted by molar-refractivity contribution is 9.10. The number of sulfonamides is 1. The molecule has 0 aliphatic carbocycles. The third-order valence-corrected chi connectivity index (χ3v) is 8.98. The topological polar surface area (TPSA) is 86.8 Å². The fourth-order valence-corrected chi connectivity index (χ4v) is 6.13. The molecule has 11 heteroatoms. The van der Waals surface area contributed by atoms with Gasteiger partial charge in [-0.05, 0) is 54.8 Å². The van der Waals surface area contributed by atoms with Crippen LogP contribution in [-0.4, -0.2) is 44.3 Å². The summed E-state index contributed by atoms with van der Waals surface area (Å²) in [5.41, 5.74) is 0.820. The zero-order chi connectivity index (χ0) is 28.7. The maximum Gasteiger partial charge on any atom is 0.264 e. The van der Waals surface area contributed by atoms with Crippen LogP contribution >= 0.6 is 39.1 Å². The second-order valence-corrected chi connectivity index (χ2v) is 12.9. The molecule has 7 nitrogen and oxygen atoms in total. The van der Waals surface area contributed by atoms with Crippen LogP contribution in [0, 0.1) is 5.92 Å². The molecule has 0 fully saturated rings. The van der Waals surface area contributed by atoms with Crippen LogP contribution in [0.2, 0.25) is 10.0 Å². The van der Waals surface area contributed by atoms with E-state index >= 15 is 0 Å². The Morgan fingerprint density at radius 1 is 0.949 bits per heavy atom. The molecule has 1 atom stereocenters. The maximum absolute atomic E-state index is 13.9. The van der Waals surface area contributed by atoms with Gasteiger partial charge >= 0.3 is 0 Å². The Morgan fingerprint density at radius 3 is 2.26 bits per heavy atom. The first-order valence-electron chi connectivity index (χ1n) is 12.2. The van der Waals surface area contributed by atoms with E-state index < -0.39 is 28.5 Å². The molecule has 3 aromatic rings. The molecular formula is C28H30BrCl2N3O4S. The van der Waals surface area contributed by atoms with E-state index in [1.54, 1.807) is 31.2 Å². The standard InChI is InChI=1S/C28H30BrCl2N3O4S/c1-19(2)16-32-28(36)20(3)33(17-21-9-7-10-22(29)15-21)26(35)18-34(25-14-8-13-24(30)27(25)31)39(37,38)23-11-5-4-6-12-23/h4-15,19-20H,16-18H2,1-3H3,(H,32,36). The maximum atomic E-state index is 13.9. The number of anilines is 1. The van der Waals surface area contributed by atoms with Crippen LogP contribution in [0.3, 0.4) is 0 Å². The lowest BCUT2D eigenvalue weighted by Gasteiger charge is -2.32. The smallest absolute Gasteiger partial charge is 0.264 e. The number of halogens is 3. The summed E-state index contributed by atoms with van der Waals surface area (Å²) in [5.74, 6) is -0.713. The van der Waals surface area contributed by atoms with Crippen molar-refractivity contribution < 1.29 is 18.0 Å². The number of carbonyl (C=O) groups is 2. The molecule has 0 heterocycles. The molecule has 1 unspecified atom stereocenters. The third-order valence-electron chi connectivity index (χ3n) is 5.90. The Morgan fingerprint density at radius 2 is 1.62 bits per heavy atom. The van der Waals surface area contributed by atoms with Gasteiger partial charge in [0.05, 0.1) is 20.6 Å². The second kappa shape index (κ2) is 13.7. The first kappa shape index (κ1) is 30.9. The summed E-state index contributed by atoms with van der Waals surface area (Å²) in [4.78, 5) is 28.3. The van der Waals surface area contributed by atoms with Gasteiger partial charge in [-0.25, -0.2) is 8.42 Å². The summed E-state index contributed by atoms with van der Waals surface area (Å²) in [7, 11) is -4.23. The lowest BCUT2D eigenvalue weighted by molar-refractivity contribution is -0.139. The molecule has 3 aromatic carbocycles. The number of rotatable bonds is 11. The van der Waals surface area contributed by atoms with Crippen LogP contribution in [0.1, 0.15) is 26.3 Å². The minimum Gasteiger partial charge on any atom is -0.354 e. The van der Waals surface area contributed by atoms with Gasteiger partial charge in [-0.15, -0.1) is 0 Å². The highest BCUT2D eigenvalue weighted by Crippen LogP contribution is 2.35. The highest BCUT2D eigenvalue weighted by atomic mass is 79.9. The third kappa shape index (κ3) is 7.97. The van der Waals surface area contributed by atoms with E-state index in [1.807, 2.05) is 38.1 Å². The monoisotopic (exact) mass is 653 g/mol. The van der Waals surface area contributed by atoms with Gasteiger partial charge in [0.25, 0.3) is 10.0 Å². The Bertz CT molecular complexity index is 1420. The zero-order valence-corrected chi connectivity index (χ0v) is 25.7. The summed E-state index contributed by atoms with van der Waals surface area (Å²) in [5, 5.41) is 2.99. The molecular weight excluding hydrogens is 625 g/mol. The molecule has 0 aliphatic heterocycles. The van der Waals surface area contributed by atoms with Crippen molar-refractivity contribution in [2.75, 3.05) is 17.4 Å². The van der Waals surface area contributed by atoms with Gasteiger partial charge in [0.15, 0.2) is 0 Å². The Labute approximate surface area is 248 Å². The number of benzene rings is 3. The van der Waals surface area contributed by atoms with Gasteiger partial charge in [-0.2, -0.15) is 0 Å². The molecule has 0 saturated carbocycles. The van der Waals surface area contributed by atoms with Crippen molar-refractivity contribution in [1.29, 1.82) is 0 Å². The van der Waals surface area contributed by atoms with Gasteiger partial charge in [-0.1, -0.05) is 89.4 Å². The molecule has 0 aromatic heterocycles. The Hall–Kier alpha value is -2.59. The van der Waals surface area contributed by atoms with Crippen molar-refractivity contribution in [1.82, 2.24) is 10.2 Å². The van der Waals surface area contributed by atoms with E-state index in [0.717, 1.165) is 14.3 Å². The van der Waals surface area contributed by atoms with Gasteiger partial charge < -0.3 is 10.2 Å². The van der Waals surface area contributed by atoms with E-state index in [1.165, 1.54) is 29.2 Å². The molecule has 1 N–H and O–H groups in total. The van der Waals surface area contributed by atoms with Crippen LogP contribution in [-0.2, 0) is 26.2 Å². The molecule has 0 bridgehead atoms. The molecule has 0 spiro atoms. The van der Waals surface area contributed by atoms with Crippen LogP contribution < -0.4 is 9.62 Å². The number of hydrogen-bond donors (Lipinski definition) is 1. The Kier molecular flexibility index (Phi) is 10.8. The zero-order valence-electron chi connectivity index (χ0n) is 21.8. The predicted octanol–water partition coefficient (Wildman–Crippen LogP) is 6.14. The van der Waals surface area contributed by atoms with Crippen molar-refractivity contribution in [3.05, 3.63) is 92.9 Å². The summed E-state index contributed by atoms with van der Waals surface area (Å²) < 4.78 is 29.4. The summed E-state index contributed by atoms with van der Waals surface area (Å²) in [6.45, 7) is 5.47. The van der Waals surface area contributed by atoms with Crippen LogP contribution in [0.25, 0.3) is 0 Å². The highest BCUT2D eigenvalue weighted by Gasteiger charge is 2.33. The minimum absolute atomic E-state index is 0.00672. The van der Waals surface area contributed by atoms with Gasteiger partial charge in [0, 0.05) is 17.6 Å². The van der Waals surface area contributed by atoms with E-state index in [2.05, 4.69) is 21.2 Å². The minimum atomic E-state index is -4.23. The second-order valence-electron chi connectivity index (χ2n) is 9.36. The van der Waals surface area contributed by atoms with Crippen LogP contribution in [0.4, 0.5) is 5.69 Å². The van der Waals surface area contributed by atoms with Crippen molar-refractivity contribution in [3.63, 3.8) is 0 Å². The summed E-state index contributed by atoms with van der Waals surface area (Å²) in [6.07, 6.45) is 0. The summed E-state index contributed by atoms with van der Waals surface area (Å²) >= 11 is 16.1. The van der Waals surface area contributed by atoms with Crippen LogP contribution in [0.15, 0.2) is 82.2 Å².